The molecule has 2 rings (SSSR count). The highest BCUT2D eigenvalue weighted by molar-refractivity contribution is 6.68. The van der Waals surface area contributed by atoms with Crippen LogP contribution in [-0.2, 0) is 0 Å². The molecular weight excluding hydrogens is 220 g/mol. The maximum atomic E-state index is 5.52. The third-order valence-corrected chi connectivity index (χ3v) is 4.51. The van der Waals surface area contributed by atoms with Crippen molar-refractivity contribution in [2.24, 2.45) is 0 Å². The normalized spacial score (nSPS) is 10.0. The first kappa shape index (κ1) is 11.3. The highest BCUT2D eigenvalue weighted by atomic mass is 28.2. The molecule has 0 aliphatic heterocycles. The molecule has 1 heteroatoms. The largest absolute Gasteiger partial charge is 0.115 e. The lowest BCUT2D eigenvalue weighted by atomic mass is 10.1. The van der Waals surface area contributed by atoms with Crippen molar-refractivity contribution in [2.75, 3.05) is 0 Å². The van der Waals surface area contributed by atoms with Gasteiger partial charge in [-0.15, -0.1) is 12.8 Å². The third kappa shape index (κ3) is 2.66. The Balaban J connectivity index is 2.39. The molecule has 0 bridgehead atoms. The van der Waals surface area contributed by atoms with Gasteiger partial charge in [0, 0.05) is 11.1 Å². The summed E-state index contributed by atoms with van der Waals surface area (Å²) < 4.78 is 0. The van der Waals surface area contributed by atoms with Crippen LogP contribution in [0.5, 0.6) is 0 Å². The van der Waals surface area contributed by atoms with Gasteiger partial charge in [-0.05, 0) is 23.4 Å². The van der Waals surface area contributed by atoms with Crippen molar-refractivity contribution in [3.05, 3.63) is 59.7 Å². The summed E-state index contributed by atoms with van der Waals surface area (Å²) in [6.07, 6.45) is 10.9. The quantitative estimate of drug-likeness (QED) is 0.530. The Bertz CT molecular complexity index is 598. The van der Waals surface area contributed by atoms with E-state index in [1.165, 1.54) is 10.4 Å². The van der Waals surface area contributed by atoms with Crippen LogP contribution in [0.1, 0.15) is 11.1 Å². The summed E-state index contributed by atoms with van der Waals surface area (Å²) in [5.41, 5.74) is 1.88. The number of hydrogen-bond donors (Lipinski definition) is 0. The van der Waals surface area contributed by atoms with Crippen LogP contribution in [-0.4, -0.2) is 9.52 Å². The smallest absolute Gasteiger partial charge is 0.0892 e. The molecule has 0 heterocycles. The third-order valence-electron chi connectivity index (χ3n) is 2.66. The number of benzene rings is 2. The van der Waals surface area contributed by atoms with Crippen LogP contribution >= 0.6 is 0 Å². The molecule has 0 fully saturated rings. The van der Waals surface area contributed by atoms with Crippen LogP contribution in [0.3, 0.4) is 0 Å². The maximum absolute atomic E-state index is 5.52. The van der Waals surface area contributed by atoms with E-state index >= 15 is 0 Å². The van der Waals surface area contributed by atoms with Gasteiger partial charge in [-0.1, -0.05) is 47.4 Å². The first-order valence-corrected chi connectivity index (χ1v) is 6.85. The molecule has 80 valence electrons. The minimum Gasteiger partial charge on any atom is -0.115 e. The first-order valence-electron chi connectivity index (χ1n) is 5.43. The highest BCUT2D eigenvalue weighted by Crippen LogP contribution is 1.99. The van der Waals surface area contributed by atoms with Gasteiger partial charge in [0.15, 0.2) is 0 Å². The second kappa shape index (κ2) is 5.21. The average Bonchev–Trinajstić information content (AvgIpc) is 2.40. The predicted octanol–water partition coefficient (Wildman–Crippen LogP) is 0.769. The van der Waals surface area contributed by atoms with Gasteiger partial charge in [0.1, 0.15) is 0 Å². The monoisotopic (exact) mass is 232 g/mol. The van der Waals surface area contributed by atoms with Gasteiger partial charge in [0.25, 0.3) is 0 Å². The highest BCUT2D eigenvalue weighted by Gasteiger charge is 2.03. The Labute approximate surface area is 105 Å². The van der Waals surface area contributed by atoms with Gasteiger partial charge in [-0.25, -0.2) is 0 Å². The standard InChI is InChI=1S/C16H12Si/c1-3-13-10-11-14(4-2)16(12-13)17-15-8-6-5-7-9-15/h1-2,5-12H,17H2. The summed E-state index contributed by atoms with van der Waals surface area (Å²) in [5, 5.41) is 2.62. The van der Waals surface area contributed by atoms with Crippen molar-refractivity contribution in [1.82, 2.24) is 0 Å². The van der Waals surface area contributed by atoms with Crippen LogP contribution in [0.2, 0.25) is 0 Å². The van der Waals surface area contributed by atoms with E-state index in [0.717, 1.165) is 11.1 Å². The lowest BCUT2D eigenvalue weighted by Crippen LogP contribution is -2.29. The minimum atomic E-state index is -0.543. The van der Waals surface area contributed by atoms with E-state index in [9.17, 15) is 0 Å². The predicted molar refractivity (Wildman–Crippen MR) is 76.6 cm³/mol. The summed E-state index contributed by atoms with van der Waals surface area (Å²) >= 11 is 0. The minimum absolute atomic E-state index is 0.543. The van der Waals surface area contributed by atoms with Crippen LogP contribution in [0.15, 0.2) is 48.5 Å². The van der Waals surface area contributed by atoms with Crippen LogP contribution in [0.4, 0.5) is 0 Å². The molecule has 0 amide bonds. The van der Waals surface area contributed by atoms with Gasteiger partial charge in [-0.2, -0.15) is 0 Å². The fraction of sp³-hybridized carbons (Fsp3) is 0. The molecule has 0 saturated heterocycles. The number of hydrogen-bond acceptors (Lipinski definition) is 0. The van der Waals surface area contributed by atoms with Crippen molar-refractivity contribution in [1.29, 1.82) is 0 Å². The van der Waals surface area contributed by atoms with Gasteiger partial charge >= 0.3 is 0 Å². The average molecular weight is 232 g/mol. The summed E-state index contributed by atoms with van der Waals surface area (Å²) in [4.78, 5) is 0. The second-order valence-corrected chi connectivity index (χ2v) is 5.75. The molecule has 0 atom stereocenters. The second-order valence-electron chi connectivity index (χ2n) is 3.82. The summed E-state index contributed by atoms with van der Waals surface area (Å²) in [5.74, 6) is 5.39. The van der Waals surface area contributed by atoms with Crippen LogP contribution < -0.4 is 10.4 Å². The maximum Gasteiger partial charge on any atom is 0.0892 e. The van der Waals surface area contributed by atoms with Crippen molar-refractivity contribution < 1.29 is 0 Å². The molecule has 2 aromatic carbocycles. The zero-order valence-electron chi connectivity index (χ0n) is 9.48. The van der Waals surface area contributed by atoms with Gasteiger partial charge in [-0.3, -0.25) is 0 Å². The molecule has 0 aliphatic rings. The first-order chi connectivity index (χ1) is 8.33. The van der Waals surface area contributed by atoms with E-state index in [0.29, 0.717) is 0 Å². The van der Waals surface area contributed by atoms with E-state index in [1.807, 2.05) is 18.2 Å². The molecule has 2 aromatic rings. The van der Waals surface area contributed by atoms with Crippen molar-refractivity contribution in [3.8, 4) is 24.7 Å². The summed E-state index contributed by atoms with van der Waals surface area (Å²) in [6.45, 7) is 0. The molecule has 0 N–H and O–H groups in total. The van der Waals surface area contributed by atoms with Crippen LogP contribution in [0.25, 0.3) is 0 Å². The molecule has 0 radical (unpaired) electrons. The Hall–Kier alpha value is -2.22. The fourth-order valence-corrected chi connectivity index (χ4v) is 3.47. The van der Waals surface area contributed by atoms with Gasteiger partial charge < -0.3 is 0 Å². The summed E-state index contributed by atoms with van der Waals surface area (Å²) in [6, 6.07) is 16.3. The summed E-state index contributed by atoms with van der Waals surface area (Å²) in [7, 11) is -0.543. The van der Waals surface area contributed by atoms with Crippen molar-refractivity contribution in [3.63, 3.8) is 0 Å². The molecular formula is C16H12Si. The zero-order chi connectivity index (χ0) is 12.1. The fourth-order valence-electron chi connectivity index (χ4n) is 1.79. The van der Waals surface area contributed by atoms with Gasteiger partial charge in [0.2, 0.25) is 0 Å². The van der Waals surface area contributed by atoms with E-state index in [1.54, 1.807) is 0 Å². The van der Waals surface area contributed by atoms with E-state index < -0.39 is 9.52 Å². The molecule has 17 heavy (non-hydrogen) atoms. The zero-order valence-corrected chi connectivity index (χ0v) is 10.9. The lowest BCUT2D eigenvalue weighted by molar-refractivity contribution is 1.65. The Morgan fingerprint density at radius 2 is 1.65 bits per heavy atom. The molecule has 0 unspecified atom stereocenters. The SMILES string of the molecule is C#Cc1ccc(C#C)c([SiH2]c2ccccc2)c1. The Morgan fingerprint density at radius 1 is 0.882 bits per heavy atom. The van der Waals surface area contributed by atoms with Crippen molar-refractivity contribution in [2.45, 2.75) is 0 Å². The topological polar surface area (TPSA) is 0 Å². The Kier molecular flexibility index (Phi) is 3.45. The molecule has 0 saturated carbocycles. The van der Waals surface area contributed by atoms with E-state index in [4.69, 9.17) is 12.8 Å². The number of rotatable bonds is 2. The molecule has 0 spiro atoms. The van der Waals surface area contributed by atoms with Gasteiger partial charge in [0.05, 0.1) is 9.52 Å². The number of terminal acetylenes is 2. The van der Waals surface area contributed by atoms with Crippen LogP contribution in [0, 0.1) is 24.7 Å². The molecule has 0 nitrogen and oxygen atoms in total. The lowest BCUT2D eigenvalue weighted by Gasteiger charge is -2.05. The molecule has 0 aliphatic carbocycles. The van der Waals surface area contributed by atoms with E-state index in [2.05, 4.69) is 42.2 Å². The van der Waals surface area contributed by atoms with Crippen molar-refractivity contribution >= 4 is 19.9 Å². The van der Waals surface area contributed by atoms with E-state index in [-0.39, 0.29) is 0 Å². The molecule has 0 aromatic heterocycles. The Morgan fingerprint density at radius 3 is 2.29 bits per heavy atom.